The predicted octanol–water partition coefficient (Wildman–Crippen LogP) is 3.13. The number of fused-ring (bicyclic) bond motifs is 1. The molecule has 0 unspecified atom stereocenters. The van der Waals surface area contributed by atoms with Crippen molar-refractivity contribution in [1.29, 1.82) is 0 Å². The van der Waals surface area contributed by atoms with Crippen LogP contribution in [0.5, 0.6) is 11.6 Å². The highest BCUT2D eigenvalue weighted by Crippen LogP contribution is 2.34. The van der Waals surface area contributed by atoms with Crippen molar-refractivity contribution >= 4 is 32.9 Å². The van der Waals surface area contributed by atoms with Gasteiger partial charge in [0.25, 0.3) is 0 Å². The number of nitrogens with zero attached hydrogens (tertiary/aromatic N) is 3. The first-order valence-corrected chi connectivity index (χ1v) is 6.96. The lowest BCUT2D eigenvalue weighted by atomic mass is 10.2. The second kappa shape index (κ2) is 4.97. The zero-order valence-electron chi connectivity index (χ0n) is 11.2. The van der Waals surface area contributed by atoms with Gasteiger partial charge in [0.15, 0.2) is 5.75 Å². The quantitative estimate of drug-likeness (QED) is 0.749. The molecule has 0 bridgehead atoms. The third-order valence-corrected chi connectivity index (χ3v) is 3.82. The number of benzene rings is 1. The van der Waals surface area contributed by atoms with Crippen LogP contribution in [-0.2, 0) is 0 Å². The van der Waals surface area contributed by atoms with Crippen LogP contribution in [0.1, 0.15) is 0 Å². The molecule has 3 rings (SSSR count). The molecule has 0 amide bonds. The fraction of sp³-hybridized carbons (Fsp3) is 0.143. The molecule has 6 heteroatoms. The summed E-state index contributed by atoms with van der Waals surface area (Å²) in [6, 6.07) is 7.62. The molecular weight excluding hydrogens is 272 g/mol. The Kier molecular flexibility index (Phi) is 3.15. The van der Waals surface area contributed by atoms with E-state index in [4.69, 9.17) is 10.5 Å². The molecule has 1 aromatic carbocycles. The fourth-order valence-electron chi connectivity index (χ4n) is 1.83. The molecular formula is C14H14N4OS. The van der Waals surface area contributed by atoms with Crippen LogP contribution in [0.3, 0.4) is 0 Å². The van der Waals surface area contributed by atoms with Crippen molar-refractivity contribution in [2.45, 2.75) is 0 Å². The Balaban J connectivity index is 2.02. The smallest absolute Gasteiger partial charge is 0.240 e. The molecule has 0 saturated heterocycles. The summed E-state index contributed by atoms with van der Waals surface area (Å²) in [5.41, 5.74) is 8.45. The van der Waals surface area contributed by atoms with E-state index in [1.54, 1.807) is 11.3 Å². The highest BCUT2D eigenvalue weighted by Gasteiger charge is 2.10. The van der Waals surface area contributed by atoms with Gasteiger partial charge < -0.3 is 15.4 Å². The van der Waals surface area contributed by atoms with Crippen LogP contribution in [0.4, 0.5) is 11.4 Å². The van der Waals surface area contributed by atoms with Crippen molar-refractivity contribution in [3.8, 4) is 11.6 Å². The molecule has 5 nitrogen and oxygen atoms in total. The third kappa shape index (κ3) is 2.25. The summed E-state index contributed by atoms with van der Waals surface area (Å²) in [6.07, 6.45) is 1.50. The number of anilines is 2. The maximum Gasteiger partial charge on any atom is 0.240 e. The number of ether oxygens (including phenoxy) is 1. The van der Waals surface area contributed by atoms with Crippen LogP contribution in [0.15, 0.2) is 36.0 Å². The van der Waals surface area contributed by atoms with Gasteiger partial charge in [-0.05, 0) is 23.6 Å². The van der Waals surface area contributed by atoms with E-state index in [0.29, 0.717) is 17.3 Å². The Bertz CT molecular complexity index is 754. The molecule has 0 aliphatic carbocycles. The van der Waals surface area contributed by atoms with Gasteiger partial charge in [-0.2, -0.15) is 0 Å². The van der Waals surface area contributed by atoms with Crippen LogP contribution in [-0.4, -0.2) is 24.1 Å². The second-order valence-corrected chi connectivity index (χ2v) is 5.45. The highest BCUT2D eigenvalue weighted by atomic mass is 32.1. The minimum absolute atomic E-state index is 0.535. The van der Waals surface area contributed by atoms with E-state index in [2.05, 4.69) is 9.97 Å². The number of nitrogens with two attached hydrogens (primary N) is 1. The van der Waals surface area contributed by atoms with Crippen LogP contribution in [0.25, 0.3) is 10.2 Å². The van der Waals surface area contributed by atoms with Crippen LogP contribution in [0, 0.1) is 0 Å². The summed E-state index contributed by atoms with van der Waals surface area (Å²) in [6.45, 7) is 0. The van der Waals surface area contributed by atoms with E-state index in [1.807, 2.05) is 48.6 Å². The Morgan fingerprint density at radius 2 is 2.05 bits per heavy atom. The van der Waals surface area contributed by atoms with E-state index in [0.717, 1.165) is 15.9 Å². The molecule has 0 saturated carbocycles. The monoisotopic (exact) mass is 286 g/mol. The summed E-state index contributed by atoms with van der Waals surface area (Å²) >= 11 is 1.55. The first kappa shape index (κ1) is 12.7. The van der Waals surface area contributed by atoms with Gasteiger partial charge in [0.1, 0.15) is 11.0 Å². The second-order valence-electron chi connectivity index (χ2n) is 4.53. The molecule has 0 spiro atoms. The third-order valence-electron chi connectivity index (χ3n) is 2.93. The first-order chi connectivity index (χ1) is 9.65. The Morgan fingerprint density at radius 1 is 1.20 bits per heavy atom. The van der Waals surface area contributed by atoms with E-state index < -0.39 is 0 Å². The molecule has 0 fully saturated rings. The van der Waals surface area contributed by atoms with Gasteiger partial charge in [-0.3, -0.25) is 0 Å². The van der Waals surface area contributed by atoms with Gasteiger partial charge in [0, 0.05) is 25.8 Å². The van der Waals surface area contributed by atoms with Crippen molar-refractivity contribution in [3.63, 3.8) is 0 Å². The Labute approximate surface area is 120 Å². The minimum atomic E-state index is 0.535. The van der Waals surface area contributed by atoms with E-state index in [9.17, 15) is 0 Å². The molecule has 3 aromatic rings. The first-order valence-electron chi connectivity index (χ1n) is 6.08. The molecule has 2 heterocycles. The van der Waals surface area contributed by atoms with Crippen molar-refractivity contribution < 1.29 is 4.74 Å². The maximum atomic E-state index is 5.97. The van der Waals surface area contributed by atoms with Crippen molar-refractivity contribution in [2.24, 2.45) is 0 Å². The predicted molar refractivity (Wildman–Crippen MR) is 82.7 cm³/mol. The van der Waals surface area contributed by atoms with Crippen LogP contribution < -0.4 is 15.4 Å². The Hall–Kier alpha value is -2.34. The zero-order chi connectivity index (χ0) is 14.1. The van der Waals surface area contributed by atoms with Crippen molar-refractivity contribution in [2.75, 3.05) is 24.7 Å². The number of aromatic nitrogens is 2. The number of hydrogen-bond donors (Lipinski definition) is 1. The number of nitrogen functional groups attached to an aromatic ring is 1. The van der Waals surface area contributed by atoms with Gasteiger partial charge in [0.2, 0.25) is 5.88 Å². The van der Waals surface area contributed by atoms with Gasteiger partial charge >= 0.3 is 0 Å². The number of rotatable bonds is 3. The molecule has 0 aliphatic rings. The number of hydrogen-bond acceptors (Lipinski definition) is 6. The van der Waals surface area contributed by atoms with Crippen LogP contribution in [0.2, 0.25) is 0 Å². The molecule has 20 heavy (non-hydrogen) atoms. The van der Waals surface area contributed by atoms with Gasteiger partial charge in [-0.1, -0.05) is 0 Å². The minimum Gasteiger partial charge on any atom is -0.435 e. The standard InChI is InChI=1S/C14H14N4OS/c1-18(2)9-3-4-10(15)12(7-9)19-14-13-11(5-6-20-13)16-8-17-14/h3-8H,15H2,1-2H3. The van der Waals surface area contributed by atoms with E-state index in [1.165, 1.54) is 6.33 Å². The zero-order valence-corrected chi connectivity index (χ0v) is 12.0. The van der Waals surface area contributed by atoms with E-state index in [-0.39, 0.29) is 0 Å². The normalized spacial score (nSPS) is 10.7. The lowest BCUT2D eigenvalue weighted by Gasteiger charge is -2.15. The maximum absolute atomic E-state index is 5.97. The molecule has 0 atom stereocenters. The van der Waals surface area contributed by atoms with E-state index >= 15 is 0 Å². The average molecular weight is 286 g/mol. The summed E-state index contributed by atoms with van der Waals surface area (Å²) in [5, 5.41) is 1.96. The van der Waals surface area contributed by atoms with Gasteiger partial charge in [0.05, 0.1) is 11.2 Å². The summed E-state index contributed by atoms with van der Waals surface area (Å²) in [4.78, 5) is 10.4. The molecule has 0 aliphatic heterocycles. The van der Waals surface area contributed by atoms with Gasteiger partial charge in [-0.15, -0.1) is 11.3 Å². The fourth-order valence-corrected chi connectivity index (χ4v) is 2.60. The number of thiophene rings is 1. The average Bonchev–Trinajstić information content (AvgIpc) is 2.90. The SMILES string of the molecule is CN(C)c1ccc(N)c(Oc2ncnc3ccsc23)c1. The summed E-state index contributed by atoms with van der Waals surface area (Å²) in [7, 11) is 3.94. The Morgan fingerprint density at radius 3 is 2.85 bits per heavy atom. The molecule has 0 radical (unpaired) electrons. The highest BCUT2D eigenvalue weighted by molar-refractivity contribution is 7.17. The molecule has 2 aromatic heterocycles. The lowest BCUT2D eigenvalue weighted by Crippen LogP contribution is -2.08. The van der Waals surface area contributed by atoms with Gasteiger partial charge in [-0.25, -0.2) is 9.97 Å². The topological polar surface area (TPSA) is 64.3 Å². The largest absolute Gasteiger partial charge is 0.435 e. The summed E-state index contributed by atoms with van der Waals surface area (Å²) in [5.74, 6) is 1.14. The lowest BCUT2D eigenvalue weighted by molar-refractivity contribution is 0.471. The summed E-state index contributed by atoms with van der Waals surface area (Å²) < 4.78 is 6.80. The molecule has 2 N–H and O–H groups in total. The van der Waals surface area contributed by atoms with Crippen molar-refractivity contribution in [1.82, 2.24) is 9.97 Å². The van der Waals surface area contributed by atoms with Crippen molar-refractivity contribution in [3.05, 3.63) is 36.0 Å². The van der Waals surface area contributed by atoms with Crippen LogP contribution >= 0.6 is 11.3 Å². The molecule has 102 valence electrons.